The Labute approximate surface area is 206 Å². The first-order valence-electron chi connectivity index (χ1n) is 10.8. The van der Waals surface area contributed by atoms with Gasteiger partial charge in [-0.2, -0.15) is 0 Å². The number of amides is 2. The molecule has 2 amide bonds. The summed E-state index contributed by atoms with van der Waals surface area (Å²) in [5.41, 5.74) is 1.72. The molecule has 2 aromatic carbocycles. The van der Waals surface area contributed by atoms with E-state index in [-0.39, 0.29) is 11.8 Å². The fourth-order valence-corrected chi connectivity index (χ4v) is 4.17. The molecular weight excluding hydrogens is 500 g/mol. The van der Waals surface area contributed by atoms with Gasteiger partial charge in [0.1, 0.15) is 5.82 Å². The third-order valence-electron chi connectivity index (χ3n) is 5.61. The SMILES string of the molecule is COc1ccc(C(=O)Nc2ccc(N3CCN(C(=O)c4cccc(Br)c4)CC3)nc2)cc1OC. The lowest BCUT2D eigenvalue weighted by Gasteiger charge is -2.35. The molecule has 1 fully saturated rings. The number of nitrogens with zero attached hydrogens (tertiary/aromatic N) is 3. The van der Waals surface area contributed by atoms with E-state index in [4.69, 9.17) is 9.47 Å². The molecule has 1 saturated heterocycles. The summed E-state index contributed by atoms with van der Waals surface area (Å²) in [4.78, 5) is 33.9. The quantitative estimate of drug-likeness (QED) is 0.523. The first-order valence-corrected chi connectivity index (χ1v) is 11.6. The Bertz CT molecular complexity index is 1180. The maximum Gasteiger partial charge on any atom is 0.255 e. The highest BCUT2D eigenvalue weighted by atomic mass is 79.9. The summed E-state index contributed by atoms with van der Waals surface area (Å²) in [5.74, 6) is 1.61. The van der Waals surface area contributed by atoms with Crippen LogP contribution in [0.4, 0.5) is 11.5 Å². The molecule has 0 atom stereocenters. The van der Waals surface area contributed by atoms with Gasteiger partial charge in [0.15, 0.2) is 11.5 Å². The summed E-state index contributed by atoms with van der Waals surface area (Å²) in [5, 5.41) is 2.85. The first kappa shape index (κ1) is 23.6. The Morgan fingerprint density at radius 2 is 1.68 bits per heavy atom. The standard InChI is InChI=1S/C25H25BrN4O4/c1-33-21-8-6-17(15-22(21)34-2)24(31)28-20-7-9-23(27-16-20)29-10-12-30(13-11-29)25(32)18-4-3-5-19(26)14-18/h3-9,14-16H,10-13H2,1-2H3,(H,28,31). The van der Waals surface area contributed by atoms with Crippen LogP contribution in [0.1, 0.15) is 20.7 Å². The molecule has 1 aliphatic rings. The van der Waals surface area contributed by atoms with Crippen LogP contribution < -0.4 is 19.7 Å². The van der Waals surface area contributed by atoms with Crippen molar-refractivity contribution in [1.82, 2.24) is 9.88 Å². The van der Waals surface area contributed by atoms with Gasteiger partial charge in [0, 0.05) is 41.8 Å². The largest absolute Gasteiger partial charge is 0.493 e. The van der Waals surface area contributed by atoms with Crippen molar-refractivity contribution in [3.05, 3.63) is 76.4 Å². The van der Waals surface area contributed by atoms with Gasteiger partial charge in [-0.25, -0.2) is 4.98 Å². The second kappa shape index (κ2) is 10.6. The van der Waals surface area contributed by atoms with Crippen molar-refractivity contribution in [2.45, 2.75) is 0 Å². The summed E-state index contributed by atoms with van der Waals surface area (Å²) in [6.45, 7) is 2.60. The van der Waals surface area contributed by atoms with E-state index >= 15 is 0 Å². The zero-order valence-corrected chi connectivity index (χ0v) is 20.5. The van der Waals surface area contributed by atoms with Crippen LogP contribution >= 0.6 is 15.9 Å². The van der Waals surface area contributed by atoms with Gasteiger partial charge in [0.2, 0.25) is 0 Å². The number of pyridine rings is 1. The lowest BCUT2D eigenvalue weighted by Crippen LogP contribution is -2.49. The Morgan fingerprint density at radius 1 is 0.912 bits per heavy atom. The number of ether oxygens (including phenoxy) is 2. The minimum Gasteiger partial charge on any atom is -0.493 e. The van der Waals surface area contributed by atoms with Crippen molar-refractivity contribution in [2.24, 2.45) is 0 Å². The van der Waals surface area contributed by atoms with Gasteiger partial charge in [0.05, 0.1) is 26.1 Å². The third-order valence-corrected chi connectivity index (χ3v) is 6.11. The van der Waals surface area contributed by atoms with Gasteiger partial charge in [-0.3, -0.25) is 9.59 Å². The number of nitrogens with one attached hydrogen (secondary N) is 1. The average molecular weight is 525 g/mol. The fourth-order valence-electron chi connectivity index (χ4n) is 3.77. The van der Waals surface area contributed by atoms with E-state index in [0.717, 1.165) is 10.3 Å². The number of rotatable bonds is 6. The lowest BCUT2D eigenvalue weighted by atomic mass is 10.2. The summed E-state index contributed by atoms with van der Waals surface area (Å²) in [7, 11) is 3.07. The van der Waals surface area contributed by atoms with Crippen LogP contribution in [-0.4, -0.2) is 62.1 Å². The molecule has 8 nitrogen and oxygen atoms in total. The molecule has 0 spiro atoms. The maximum absolute atomic E-state index is 12.8. The van der Waals surface area contributed by atoms with Crippen LogP contribution in [0.25, 0.3) is 0 Å². The summed E-state index contributed by atoms with van der Waals surface area (Å²) in [6, 6.07) is 16.1. The Morgan fingerprint density at radius 3 is 2.32 bits per heavy atom. The summed E-state index contributed by atoms with van der Waals surface area (Å²) >= 11 is 3.42. The van der Waals surface area contributed by atoms with Crippen LogP contribution in [0, 0.1) is 0 Å². The monoisotopic (exact) mass is 524 g/mol. The van der Waals surface area contributed by atoms with Gasteiger partial charge in [-0.1, -0.05) is 22.0 Å². The number of carbonyl (C=O) groups excluding carboxylic acids is 2. The number of piperazine rings is 1. The van der Waals surface area contributed by atoms with E-state index in [1.54, 1.807) is 31.5 Å². The Kier molecular flexibility index (Phi) is 7.32. The second-order valence-electron chi connectivity index (χ2n) is 7.72. The highest BCUT2D eigenvalue weighted by molar-refractivity contribution is 9.10. The summed E-state index contributed by atoms with van der Waals surface area (Å²) in [6.07, 6.45) is 1.63. The predicted octanol–water partition coefficient (Wildman–Crippen LogP) is 4.08. The van der Waals surface area contributed by atoms with E-state index in [1.165, 1.54) is 7.11 Å². The fraction of sp³-hybridized carbons (Fsp3) is 0.240. The maximum atomic E-state index is 12.8. The molecule has 2 heterocycles. The van der Waals surface area contributed by atoms with E-state index in [1.807, 2.05) is 41.3 Å². The van der Waals surface area contributed by atoms with Crippen LogP contribution in [0.2, 0.25) is 0 Å². The van der Waals surface area contributed by atoms with Gasteiger partial charge in [-0.15, -0.1) is 0 Å². The van der Waals surface area contributed by atoms with Crippen molar-refractivity contribution >= 4 is 39.2 Å². The van der Waals surface area contributed by atoms with Crippen LogP contribution in [0.15, 0.2) is 65.3 Å². The molecule has 0 aliphatic carbocycles. The molecule has 1 aromatic heterocycles. The predicted molar refractivity (Wildman–Crippen MR) is 134 cm³/mol. The van der Waals surface area contributed by atoms with E-state index in [9.17, 15) is 9.59 Å². The van der Waals surface area contributed by atoms with Crippen molar-refractivity contribution in [1.29, 1.82) is 0 Å². The number of hydrogen-bond acceptors (Lipinski definition) is 6. The summed E-state index contributed by atoms with van der Waals surface area (Å²) < 4.78 is 11.4. The molecule has 0 radical (unpaired) electrons. The molecular formula is C25H25BrN4O4. The lowest BCUT2D eigenvalue weighted by molar-refractivity contribution is 0.0746. The second-order valence-corrected chi connectivity index (χ2v) is 8.63. The molecule has 1 aliphatic heterocycles. The van der Waals surface area contributed by atoms with Gasteiger partial charge >= 0.3 is 0 Å². The Hall–Kier alpha value is -3.59. The molecule has 0 saturated carbocycles. The normalized spacial score (nSPS) is 13.4. The van der Waals surface area contributed by atoms with Crippen molar-refractivity contribution in [2.75, 3.05) is 50.6 Å². The first-order chi connectivity index (χ1) is 16.5. The van der Waals surface area contributed by atoms with E-state index < -0.39 is 0 Å². The van der Waals surface area contributed by atoms with Gasteiger partial charge < -0.3 is 24.6 Å². The topological polar surface area (TPSA) is 84.0 Å². The van der Waals surface area contributed by atoms with Crippen molar-refractivity contribution in [3.8, 4) is 11.5 Å². The van der Waals surface area contributed by atoms with Crippen LogP contribution in [-0.2, 0) is 0 Å². The molecule has 3 aromatic rings. The molecule has 176 valence electrons. The zero-order valence-electron chi connectivity index (χ0n) is 19.0. The smallest absolute Gasteiger partial charge is 0.255 e. The number of benzene rings is 2. The third kappa shape index (κ3) is 5.31. The van der Waals surface area contributed by atoms with Crippen molar-refractivity contribution in [3.63, 3.8) is 0 Å². The number of halogens is 1. The minimum absolute atomic E-state index is 0.0298. The Balaban J connectivity index is 1.34. The molecule has 9 heteroatoms. The minimum atomic E-state index is -0.268. The molecule has 34 heavy (non-hydrogen) atoms. The number of carbonyl (C=O) groups is 2. The van der Waals surface area contributed by atoms with Gasteiger partial charge in [-0.05, 0) is 48.5 Å². The zero-order chi connectivity index (χ0) is 24.1. The molecule has 0 bridgehead atoms. The van der Waals surface area contributed by atoms with E-state index in [0.29, 0.717) is 54.5 Å². The van der Waals surface area contributed by atoms with Gasteiger partial charge in [0.25, 0.3) is 11.8 Å². The molecule has 1 N–H and O–H groups in total. The number of hydrogen-bond donors (Lipinski definition) is 1. The highest BCUT2D eigenvalue weighted by Crippen LogP contribution is 2.28. The molecule has 4 rings (SSSR count). The van der Waals surface area contributed by atoms with Crippen molar-refractivity contribution < 1.29 is 19.1 Å². The number of methoxy groups -OCH3 is 2. The van der Waals surface area contributed by atoms with Crippen LogP contribution in [0.5, 0.6) is 11.5 Å². The highest BCUT2D eigenvalue weighted by Gasteiger charge is 2.23. The average Bonchev–Trinajstić information content (AvgIpc) is 2.88. The number of anilines is 2. The van der Waals surface area contributed by atoms with Crippen LogP contribution in [0.3, 0.4) is 0 Å². The van der Waals surface area contributed by atoms with E-state index in [2.05, 4.69) is 31.1 Å². The molecule has 0 unspecified atom stereocenters. The number of aromatic nitrogens is 1.